The van der Waals surface area contributed by atoms with E-state index in [1.54, 1.807) is 12.1 Å². The number of benzene rings is 1. The summed E-state index contributed by atoms with van der Waals surface area (Å²) in [7, 11) is 1.53. The molecule has 6 heteroatoms. The molecule has 0 spiro atoms. The highest BCUT2D eigenvalue weighted by atomic mass is 79.9. The number of amides is 1. The van der Waals surface area contributed by atoms with Gasteiger partial charge in [0.25, 0.3) is 5.95 Å². The molecule has 0 radical (unpaired) electrons. The van der Waals surface area contributed by atoms with E-state index in [9.17, 15) is 4.79 Å². The van der Waals surface area contributed by atoms with Crippen molar-refractivity contribution in [3.63, 3.8) is 0 Å². The normalized spacial score (nSPS) is 11.2. The van der Waals surface area contributed by atoms with E-state index in [1.807, 2.05) is 45.0 Å². The van der Waals surface area contributed by atoms with Crippen molar-refractivity contribution in [1.29, 1.82) is 0 Å². The van der Waals surface area contributed by atoms with Gasteiger partial charge < -0.3 is 13.9 Å². The Balaban J connectivity index is 2.28. The van der Waals surface area contributed by atoms with Crippen molar-refractivity contribution in [2.75, 3.05) is 12.0 Å². The van der Waals surface area contributed by atoms with Crippen molar-refractivity contribution in [2.24, 2.45) is 0 Å². The highest BCUT2D eigenvalue weighted by Gasteiger charge is 2.24. The van der Waals surface area contributed by atoms with Gasteiger partial charge in [0.15, 0.2) is 0 Å². The Morgan fingerprint density at radius 1 is 1.26 bits per heavy atom. The van der Waals surface area contributed by atoms with Gasteiger partial charge in [0.2, 0.25) is 0 Å². The van der Waals surface area contributed by atoms with Crippen LogP contribution in [0.5, 0.6) is 5.95 Å². The van der Waals surface area contributed by atoms with Crippen molar-refractivity contribution in [3.05, 3.63) is 46.6 Å². The molecule has 1 aromatic heterocycles. The summed E-state index contributed by atoms with van der Waals surface area (Å²) in [6.07, 6.45) is -0.439. The number of hydrogen-bond acceptors (Lipinski definition) is 4. The zero-order chi connectivity index (χ0) is 17.0. The molecular weight excluding hydrogens is 362 g/mol. The van der Waals surface area contributed by atoms with Crippen LogP contribution in [0.2, 0.25) is 0 Å². The van der Waals surface area contributed by atoms with Crippen LogP contribution in [-0.4, -0.2) is 18.8 Å². The van der Waals surface area contributed by atoms with Gasteiger partial charge in [-0.3, -0.25) is 4.90 Å². The third-order valence-electron chi connectivity index (χ3n) is 2.89. The summed E-state index contributed by atoms with van der Waals surface area (Å²) in [6, 6.07) is 10.9. The lowest BCUT2D eigenvalue weighted by atomic mass is 10.2. The number of methoxy groups -OCH3 is 1. The molecule has 0 unspecified atom stereocenters. The average molecular weight is 382 g/mol. The van der Waals surface area contributed by atoms with E-state index < -0.39 is 11.7 Å². The van der Waals surface area contributed by atoms with Crippen LogP contribution in [0.1, 0.15) is 26.5 Å². The van der Waals surface area contributed by atoms with Crippen LogP contribution in [0.3, 0.4) is 0 Å². The van der Waals surface area contributed by atoms with Gasteiger partial charge in [-0.25, -0.2) is 4.79 Å². The number of carbonyl (C=O) groups is 1. The zero-order valence-corrected chi connectivity index (χ0v) is 15.2. The number of anilines is 1. The summed E-state index contributed by atoms with van der Waals surface area (Å²) >= 11 is 3.42. The van der Waals surface area contributed by atoms with E-state index in [4.69, 9.17) is 13.9 Å². The summed E-state index contributed by atoms with van der Waals surface area (Å²) in [5.41, 5.74) is 0.131. The minimum atomic E-state index is -0.581. The Morgan fingerprint density at radius 3 is 2.57 bits per heavy atom. The molecule has 0 atom stereocenters. The maximum Gasteiger partial charge on any atom is 0.415 e. The third kappa shape index (κ3) is 5.03. The molecule has 124 valence electrons. The minimum absolute atomic E-state index is 0.245. The van der Waals surface area contributed by atoms with Crippen LogP contribution in [0, 0.1) is 0 Å². The second-order valence-corrected chi connectivity index (χ2v) is 6.89. The molecule has 5 nitrogen and oxygen atoms in total. The minimum Gasteiger partial charge on any atom is -0.468 e. The summed E-state index contributed by atoms with van der Waals surface area (Å²) in [5.74, 6) is 1.01. The van der Waals surface area contributed by atoms with Gasteiger partial charge in [-0.05, 0) is 45.0 Å². The first-order chi connectivity index (χ1) is 10.8. The Hall–Kier alpha value is -1.95. The number of carbonyl (C=O) groups excluding carboxylic acids is 1. The summed E-state index contributed by atoms with van der Waals surface area (Å²) in [4.78, 5) is 14.1. The maximum absolute atomic E-state index is 12.6. The van der Waals surface area contributed by atoms with Crippen molar-refractivity contribution in [2.45, 2.75) is 32.9 Å². The number of nitrogens with zero attached hydrogens (tertiary/aromatic N) is 1. The van der Waals surface area contributed by atoms with Gasteiger partial charge in [-0.1, -0.05) is 22.0 Å². The molecule has 2 rings (SSSR count). The summed E-state index contributed by atoms with van der Waals surface area (Å²) in [5, 5.41) is 0. The number of ether oxygens (including phenoxy) is 2. The lowest BCUT2D eigenvalue weighted by Crippen LogP contribution is -2.36. The van der Waals surface area contributed by atoms with E-state index in [1.165, 1.54) is 12.0 Å². The molecule has 0 aliphatic carbocycles. The van der Waals surface area contributed by atoms with Gasteiger partial charge in [0, 0.05) is 16.2 Å². The lowest BCUT2D eigenvalue weighted by Gasteiger charge is -2.27. The largest absolute Gasteiger partial charge is 0.468 e. The van der Waals surface area contributed by atoms with Crippen LogP contribution in [0.4, 0.5) is 10.5 Å². The smallest absolute Gasteiger partial charge is 0.415 e. The molecule has 0 saturated carbocycles. The summed E-state index contributed by atoms with van der Waals surface area (Å²) < 4.78 is 16.9. The Bertz CT molecular complexity index is 675. The first-order valence-electron chi connectivity index (χ1n) is 7.17. The van der Waals surface area contributed by atoms with E-state index in [0.29, 0.717) is 17.4 Å². The van der Waals surface area contributed by atoms with Crippen molar-refractivity contribution in [1.82, 2.24) is 0 Å². The quantitative estimate of drug-likeness (QED) is 0.748. The second kappa shape index (κ2) is 7.08. The molecule has 23 heavy (non-hydrogen) atoms. The Kier molecular flexibility index (Phi) is 5.36. The molecule has 2 aromatic rings. The molecule has 1 amide bonds. The molecule has 0 aliphatic rings. The van der Waals surface area contributed by atoms with E-state index in [0.717, 1.165) is 4.47 Å². The standard InChI is InChI=1S/C17H20BrNO4/c1-17(2,3)23-16(20)19(13-7-5-6-12(18)10-13)11-14-8-9-15(21-4)22-14/h5-10H,11H2,1-4H3. The van der Waals surface area contributed by atoms with Gasteiger partial charge in [-0.15, -0.1) is 0 Å². The molecular formula is C17H20BrNO4. The molecule has 1 heterocycles. The van der Waals surface area contributed by atoms with Crippen LogP contribution >= 0.6 is 15.9 Å². The number of halogens is 1. The maximum atomic E-state index is 12.6. The van der Waals surface area contributed by atoms with Crippen LogP contribution in [0.15, 0.2) is 45.3 Å². The van der Waals surface area contributed by atoms with Crippen molar-refractivity contribution >= 4 is 27.7 Å². The number of furan rings is 1. The highest BCUT2D eigenvalue weighted by molar-refractivity contribution is 9.10. The Morgan fingerprint density at radius 2 is 2.00 bits per heavy atom. The fraction of sp³-hybridized carbons (Fsp3) is 0.353. The van der Waals surface area contributed by atoms with Gasteiger partial charge >= 0.3 is 6.09 Å². The predicted molar refractivity (Wildman–Crippen MR) is 91.8 cm³/mol. The van der Waals surface area contributed by atoms with E-state index >= 15 is 0 Å². The molecule has 1 aromatic carbocycles. The highest BCUT2D eigenvalue weighted by Crippen LogP contribution is 2.25. The molecule has 0 fully saturated rings. The monoisotopic (exact) mass is 381 g/mol. The van der Waals surface area contributed by atoms with Crippen LogP contribution in [0.25, 0.3) is 0 Å². The van der Waals surface area contributed by atoms with Crippen LogP contribution in [-0.2, 0) is 11.3 Å². The van der Waals surface area contributed by atoms with Gasteiger partial charge in [0.1, 0.15) is 11.4 Å². The lowest BCUT2D eigenvalue weighted by molar-refractivity contribution is 0.0574. The summed E-state index contributed by atoms with van der Waals surface area (Å²) in [6.45, 7) is 5.74. The fourth-order valence-electron chi connectivity index (χ4n) is 1.93. The van der Waals surface area contributed by atoms with E-state index in [-0.39, 0.29) is 6.54 Å². The number of rotatable bonds is 4. The first-order valence-corrected chi connectivity index (χ1v) is 7.96. The van der Waals surface area contributed by atoms with Gasteiger partial charge in [-0.2, -0.15) is 0 Å². The first kappa shape index (κ1) is 17.4. The van der Waals surface area contributed by atoms with Crippen molar-refractivity contribution in [3.8, 4) is 5.95 Å². The molecule has 0 aliphatic heterocycles. The third-order valence-corrected chi connectivity index (χ3v) is 3.38. The zero-order valence-electron chi connectivity index (χ0n) is 13.6. The Labute approximate surface area is 144 Å². The SMILES string of the molecule is COc1ccc(CN(C(=O)OC(C)(C)C)c2cccc(Br)c2)o1. The predicted octanol–water partition coefficient (Wildman–Crippen LogP) is 4.99. The second-order valence-electron chi connectivity index (χ2n) is 5.97. The average Bonchev–Trinajstić information content (AvgIpc) is 2.90. The number of hydrogen-bond donors (Lipinski definition) is 0. The topological polar surface area (TPSA) is 51.9 Å². The van der Waals surface area contributed by atoms with Gasteiger partial charge in [0.05, 0.1) is 13.7 Å². The van der Waals surface area contributed by atoms with Crippen molar-refractivity contribution < 1.29 is 18.7 Å². The molecule has 0 N–H and O–H groups in total. The molecule has 0 bridgehead atoms. The van der Waals surface area contributed by atoms with E-state index in [2.05, 4.69) is 15.9 Å². The fourth-order valence-corrected chi connectivity index (χ4v) is 2.32. The van der Waals surface area contributed by atoms with Crippen LogP contribution < -0.4 is 9.64 Å². The molecule has 0 saturated heterocycles.